The van der Waals surface area contributed by atoms with Crippen molar-refractivity contribution in [2.75, 3.05) is 25.3 Å². The standard InChI is InChI=1S/C16H24N2O2S/c1-11(2)13-8-12(4-5-15(13)20-3)6-7-17-16(19)14-9-21-10-18-14/h4-5,8,11,14,18H,6-7,9-10H2,1-3H3,(H,17,19). The number of benzene rings is 1. The lowest BCUT2D eigenvalue weighted by atomic mass is 9.98. The first-order valence-electron chi connectivity index (χ1n) is 7.37. The minimum Gasteiger partial charge on any atom is -0.496 e. The fraction of sp³-hybridized carbons (Fsp3) is 0.562. The summed E-state index contributed by atoms with van der Waals surface area (Å²) >= 11 is 1.76. The van der Waals surface area contributed by atoms with Crippen molar-refractivity contribution in [2.45, 2.75) is 32.2 Å². The van der Waals surface area contributed by atoms with Gasteiger partial charge in [0.15, 0.2) is 0 Å². The van der Waals surface area contributed by atoms with E-state index in [1.54, 1.807) is 18.9 Å². The minimum absolute atomic E-state index is 0.0305. The monoisotopic (exact) mass is 308 g/mol. The molecule has 4 nitrogen and oxygen atoms in total. The molecule has 0 spiro atoms. The van der Waals surface area contributed by atoms with Gasteiger partial charge in [0.25, 0.3) is 0 Å². The molecule has 2 rings (SSSR count). The van der Waals surface area contributed by atoms with E-state index >= 15 is 0 Å². The molecule has 0 bridgehead atoms. The van der Waals surface area contributed by atoms with Gasteiger partial charge in [-0.15, -0.1) is 11.8 Å². The molecule has 1 aromatic rings. The van der Waals surface area contributed by atoms with Crippen LogP contribution >= 0.6 is 11.8 Å². The Hall–Kier alpha value is -1.20. The lowest BCUT2D eigenvalue weighted by Gasteiger charge is -2.14. The molecule has 1 atom stereocenters. The second-order valence-corrected chi connectivity index (χ2v) is 6.57. The van der Waals surface area contributed by atoms with E-state index in [4.69, 9.17) is 4.74 Å². The second kappa shape index (κ2) is 7.71. The fourth-order valence-corrected chi connectivity index (χ4v) is 3.35. The van der Waals surface area contributed by atoms with Gasteiger partial charge in [-0.05, 0) is 29.5 Å². The van der Waals surface area contributed by atoms with Gasteiger partial charge in [-0.3, -0.25) is 10.1 Å². The molecule has 0 aliphatic carbocycles. The molecule has 1 aromatic carbocycles. The maximum atomic E-state index is 11.9. The molecule has 1 fully saturated rings. The second-order valence-electron chi connectivity index (χ2n) is 5.54. The van der Waals surface area contributed by atoms with Gasteiger partial charge in [-0.2, -0.15) is 0 Å². The molecule has 116 valence electrons. The topological polar surface area (TPSA) is 50.4 Å². The van der Waals surface area contributed by atoms with E-state index in [0.717, 1.165) is 23.8 Å². The normalized spacial score (nSPS) is 18.0. The summed E-state index contributed by atoms with van der Waals surface area (Å²) in [6, 6.07) is 6.23. The zero-order valence-electron chi connectivity index (χ0n) is 12.9. The third-order valence-corrected chi connectivity index (χ3v) is 4.60. The predicted octanol–water partition coefficient (Wildman–Crippen LogP) is 2.14. The SMILES string of the molecule is COc1ccc(CCNC(=O)C2CSCN2)cc1C(C)C. The van der Waals surface area contributed by atoms with Crippen LogP contribution < -0.4 is 15.4 Å². The zero-order valence-corrected chi connectivity index (χ0v) is 13.8. The Morgan fingerprint density at radius 3 is 2.95 bits per heavy atom. The molecule has 1 aliphatic heterocycles. The van der Waals surface area contributed by atoms with Gasteiger partial charge in [0.2, 0.25) is 5.91 Å². The fourth-order valence-electron chi connectivity index (χ4n) is 2.41. The van der Waals surface area contributed by atoms with Crippen LogP contribution in [0.25, 0.3) is 0 Å². The van der Waals surface area contributed by atoms with Gasteiger partial charge in [0, 0.05) is 18.2 Å². The molecule has 0 saturated carbocycles. The molecule has 1 heterocycles. The van der Waals surface area contributed by atoms with E-state index in [-0.39, 0.29) is 11.9 Å². The summed E-state index contributed by atoms with van der Waals surface area (Å²) in [5, 5.41) is 6.18. The van der Waals surface area contributed by atoms with Crippen LogP contribution in [0.2, 0.25) is 0 Å². The summed E-state index contributed by atoms with van der Waals surface area (Å²) in [6.07, 6.45) is 0.843. The highest BCUT2D eigenvalue weighted by atomic mass is 32.2. The van der Waals surface area contributed by atoms with Gasteiger partial charge in [-0.1, -0.05) is 26.0 Å². The van der Waals surface area contributed by atoms with Gasteiger partial charge >= 0.3 is 0 Å². The number of carbonyl (C=O) groups is 1. The molecule has 1 saturated heterocycles. The van der Waals surface area contributed by atoms with Crippen molar-refractivity contribution in [3.8, 4) is 5.75 Å². The Bertz CT molecular complexity index is 485. The summed E-state index contributed by atoms with van der Waals surface area (Å²) in [7, 11) is 1.70. The number of rotatable bonds is 6. The van der Waals surface area contributed by atoms with Crippen LogP contribution in [0.4, 0.5) is 0 Å². The lowest BCUT2D eigenvalue weighted by Crippen LogP contribution is -2.42. The first-order valence-corrected chi connectivity index (χ1v) is 8.53. The summed E-state index contributed by atoms with van der Waals surface area (Å²) in [6.45, 7) is 4.99. The lowest BCUT2D eigenvalue weighted by molar-refractivity contribution is -0.122. The number of nitrogens with one attached hydrogen (secondary N) is 2. The molecule has 21 heavy (non-hydrogen) atoms. The summed E-state index contributed by atoms with van der Waals surface area (Å²) in [4.78, 5) is 11.9. The number of methoxy groups -OCH3 is 1. The van der Waals surface area contributed by atoms with Crippen LogP contribution in [0.15, 0.2) is 18.2 Å². The number of thioether (sulfide) groups is 1. The summed E-state index contributed by atoms with van der Waals surface area (Å²) in [5.41, 5.74) is 2.45. The van der Waals surface area contributed by atoms with Crippen LogP contribution in [0.5, 0.6) is 5.75 Å². The molecule has 0 aromatic heterocycles. The van der Waals surface area contributed by atoms with Gasteiger partial charge in [-0.25, -0.2) is 0 Å². The Morgan fingerprint density at radius 1 is 1.52 bits per heavy atom. The average Bonchev–Trinajstić information content (AvgIpc) is 3.01. The molecule has 0 radical (unpaired) electrons. The number of ether oxygens (including phenoxy) is 1. The summed E-state index contributed by atoms with van der Waals surface area (Å²) < 4.78 is 5.39. The molecule has 1 amide bonds. The first kappa shape index (κ1) is 16.2. The van der Waals surface area contributed by atoms with Crippen molar-refractivity contribution < 1.29 is 9.53 Å². The third kappa shape index (κ3) is 4.38. The van der Waals surface area contributed by atoms with Crippen LogP contribution in [-0.4, -0.2) is 37.2 Å². The van der Waals surface area contributed by atoms with Crippen LogP contribution in [0.1, 0.15) is 30.9 Å². The highest BCUT2D eigenvalue weighted by Gasteiger charge is 2.21. The van der Waals surface area contributed by atoms with Crippen molar-refractivity contribution >= 4 is 17.7 Å². The average molecular weight is 308 g/mol. The van der Waals surface area contributed by atoms with Gasteiger partial charge in [0.05, 0.1) is 13.2 Å². The van der Waals surface area contributed by atoms with Crippen LogP contribution in [0.3, 0.4) is 0 Å². The van der Waals surface area contributed by atoms with E-state index in [9.17, 15) is 4.79 Å². The van der Waals surface area contributed by atoms with Crippen molar-refractivity contribution in [2.24, 2.45) is 0 Å². The van der Waals surface area contributed by atoms with Crippen molar-refractivity contribution in [3.05, 3.63) is 29.3 Å². The van der Waals surface area contributed by atoms with Crippen LogP contribution in [-0.2, 0) is 11.2 Å². The van der Waals surface area contributed by atoms with Gasteiger partial charge < -0.3 is 10.1 Å². The number of hydrogen-bond donors (Lipinski definition) is 2. The number of amides is 1. The van der Waals surface area contributed by atoms with Crippen molar-refractivity contribution in [3.63, 3.8) is 0 Å². The predicted molar refractivity (Wildman–Crippen MR) is 88.0 cm³/mol. The van der Waals surface area contributed by atoms with Crippen LogP contribution in [0, 0.1) is 0 Å². The zero-order chi connectivity index (χ0) is 15.2. The van der Waals surface area contributed by atoms with Crippen molar-refractivity contribution in [1.82, 2.24) is 10.6 Å². The largest absolute Gasteiger partial charge is 0.496 e. The highest BCUT2D eigenvalue weighted by Crippen LogP contribution is 2.27. The maximum absolute atomic E-state index is 11.9. The van der Waals surface area contributed by atoms with E-state index < -0.39 is 0 Å². The highest BCUT2D eigenvalue weighted by molar-refractivity contribution is 7.99. The summed E-state index contributed by atoms with van der Waals surface area (Å²) in [5.74, 6) is 3.21. The van der Waals surface area contributed by atoms with Gasteiger partial charge in [0.1, 0.15) is 5.75 Å². The van der Waals surface area contributed by atoms with E-state index in [1.165, 1.54) is 11.1 Å². The Labute approximate surface area is 131 Å². The smallest absolute Gasteiger partial charge is 0.238 e. The number of hydrogen-bond acceptors (Lipinski definition) is 4. The number of carbonyl (C=O) groups excluding carboxylic acids is 1. The minimum atomic E-state index is -0.0305. The quantitative estimate of drug-likeness (QED) is 0.845. The first-order chi connectivity index (χ1) is 10.1. The Morgan fingerprint density at radius 2 is 2.33 bits per heavy atom. The molecular formula is C16H24N2O2S. The molecule has 2 N–H and O–H groups in total. The molecule has 5 heteroatoms. The molecule has 1 unspecified atom stereocenters. The third-order valence-electron chi connectivity index (χ3n) is 3.66. The molecular weight excluding hydrogens is 284 g/mol. The Kier molecular flexibility index (Phi) is 5.94. The van der Waals surface area contributed by atoms with Crippen molar-refractivity contribution in [1.29, 1.82) is 0 Å². The molecule has 1 aliphatic rings. The van der Waals surface area contributed by atoms with E-state index in [1.807, 2.05) is 6.07 Å². The maximum Gasteiger partial charge on any atom is 0.238 e. The van der Waals surface area contributed by atoms with E-state index in [2.05, 4.69) is 36.6 Å². The Balaban J connectivity index is 1.88. The van der Waals surface area contributed by atoms with E-state index in [0.29, 0.717) is 12.5 Å².